The second-order valence-electron chi connectivity index (χ2n) is 2.75. The highest BCUT2D eigenvalue weighted by Crippen LogP contribution is 2.36. The van der Waals surface area contributed by atoms with Crippen LogP contribution in [0.2, 0.25) is 0 Å². The number of carbonyl (C=O) groups excluding carboxylic acids is 2. The monoisotopic (exact) mass is 142 g/mol. The molecule has 0 aromatic carbocycles. The van der Waals surface area contributed by atoms with Crippen molar-refractivity contribution in [3.8, 4) is 0 Å². The molecule has 0 amide bonds. The second-order valence-corrected chi connectivity index (χ2v) is 2.75. The van der Waals surface area contributed by atoms with E-state index in [1.165, 1.54) is 0 Å². The van der Waals surface area contributed by atoms with Gasteiger partial charge in [-0.1, -0.05) is 0 Å². The van der Waals surface area contributed by atoms with Gasteiger partial charge in [0.2, 0.25) is 11.7 Å². The van der Waals surface area contributed by atoms with Crippen LogP contribution in [0.3, 0.4) is 0 Å². The molecule has 0 N–H and O–H groups in total. The minimum absolute atomic E-state index is 0.380. The molecule has 0 aromatic heterocycles. The summed E-state index contributed by atoms with van der Waals surface area (Å²) >= 11 is 0. The molecule has 2 aliphatic rings. The molecule has 2 rings (SSSR count). The van der Waals surface area contributed by atoms with Gasteiger partial charge >= 0.3 is 11.9 Å². The molecule has 2 atom stereocenters. The molecule has 0 aliphatic carbocycles. The van der Waals surface area contributed by atoms with Gasteiger partial charge in [0.05, 0.1) is 0 Å². The highest BCUT2D eigenvalue weighted by atomic mass is 16.7. The SMILES string of the molecule is C[C@@]12CC(OC1=O)C(=O)O2. The van der Waals surface area contributed by atoms with Gasteiger partial charge in [-0.25, -0.2) is 9.59 Å². The first-order chi connectivity index (χ1) is 4.62. The number of hydrogen-bond donors (Lipinski definition) is 0. The molecule has 0 spiro atoms. The van der Waals surface area contributed by atoms with Gasteiger partial charge < -0.3 is 9.47 Å². The van der Waals surface area contributed by atoms with Gasteiger partial charge in [0.1, 0.15) is 0 Å². The Morgan fingerprint density at radius 3 is 2.60 bits per heavy atom. The molecule has 54 valence electrons. The topological polar surface area (TPSA) is 52.6 Å². The minimum atomic E-state index is -0.970. The van der Waals surface area contributed by atoms with Crippen molar-refractivity contribution >= 4 is 11.9 Å². The molecule has 0 aromatic rings. The van der Waals surface area contributed by atoms with Crippen LogP contribution in [-0.2, 0) is 19.1 Å². The van der Waals surface area contributed by atoms with Gasteiger partial charge in [-0.05, 0) is 6.92 Å². The van der Waals surface area contributed by atoms with Crippen molar-refractivity contribution in [2.45, 2.75) is 25.0 Å². The van der Waals surface area contributed by atoms with E-state index in [2.05, 4.69) is 4.74 Å². The van der Waals surface area contributed by atoms with Gasteiger partial charge in [0.15, 0.2) is 0 Å². The molecule has 0 radical (unpaired) electrons. The molecule has 2 heterocycles. The smallest absolute Gasteiger partial charge is 0.351 e. The first-order valence-corrected chi connectivity index (χ1v) is 3.06. The molecule has 2 fully saturated rings. The molecule has 0 saturated carbocycles. The number of fused-ring (bicyclic) bond motifs is 2. The Bertz CT molecular complexity index is 222. The minimum Gasteiger partial charge on any atom is -0.447 e. The van der Waals surface area contributed by atoms with Crippen LogP contribution in [0, 0.1) is 0 Å². The Kier molecular flexibility index (Phi) is 0.760. The maximum atomic E-state index is 10.8. The molecule has 4 nitrogen and oxygen atoms in total. The fourth-order valence-electron chi connectivity index (χ4n) is 1.24. The Morgan fingerprint density at radius 2 is 2.30 bits per heavy atom. The van der Waals surface area contributed by atoms with Crippen molar-refractivity contribution in [3.63, 3.8) is 0 Å². The van der Waals surface area contributed by atoms with Crippen LogP contribution in [0.5, 0.6) is 0 Å². The third kappa shape index (κ3) is 0.465. The van der Waals surface area contributed by atoms with Crippen LogP contribution in [-0.4, -0.2) is 23.6 Å². The number of hydrogen-bond acceptors (Lipinski definition) is 4. The zero-order valence-electron chi connectivity index (χ0n) is 5.42. The number of carbonyl (C=O) groups is 2. The number of ether oxygens (including phenoxy) is 2. The normalized spacial score (nSPS) is 43.5. The van der Waals surface area contributed by atoms with E-state index in [1.54, 1.807) is 6.92 Å². The van der Waals surface area contributed by atoms with E-state index in [1.807, 2.05) is 0 Å². The van der Waals surface area contributed by atoms with E-state index in [-0.39, 0.29) is 0 Å². The molecule has 2 aliphatic heterocycles. The molecule has 2 saturated heterocycles. The van der Waals surface area contributed by atoms with Crippen LogP contribution in [0.25, 0.3) is 0 Å². The van der Waals surface area contributed by atoms with Gasteiger partial charge in [-0.15, -0.1) is 0 Å². The summed E-state index contributed by atoms with van der Waals surface area (Å²) in [5.41, 5.74) is -0.970. The predicted molar refractivity (Wildman–Crippen MR) is 29.0 cm³/mol. The maximum absolute atomic E-state index is 10.8. The van der Waals surface area contributed by atoms with Crippen molar-refractivity contribution in [1.29, 1.82) is 0 Å². The van der Waals surface area contributed by atoms with Crippen LogP contribution in [0.15, 0.2) is 0 Å². The summed E-state index contributed by atoms with van der Waals surface area (Å²) in [6.07, 6.45) is -0.248. The van der Waals surface area contributed by atoms with Crippen molar-refractivity contribution in [1.82, 2.24) is 0 Å². The summed E-state index contributed by atoms with van der Waals surface area (Å²) in [6, 6.07) is 0. The summed E-state index contributed by atoms with van der Waals surface area (Å²) in [7, 11) is 0. The van der Waals surface area contributed by atoms with Crippen LogP contribution in [0.1, 0.15) is 13.3 Å². The average molecular weight is 142 g/mol. The van der Waals surface area contributed by atoms with Gasteiger partial charge in [-0.3, -0.25) is 0 Å². The van der Waals surface area contributed by atoms with Gasteiger partial charge in [-0.2, -0.15) is 0 Å². The van der Waals surface area contributed by atoms with E-state index in [9.17, 15) is 9.59 Å². The second kappa shape index (κ2) is 1.33. The molecule has 4 heteroatoms. The van der Waals surface area contributed by atoms with Crippen LogP contribution in [0.4, 0.5) is 0 Å². The lowest BCUT2D eigenvalue weighted by atomic mass is 10.1. The lowest BCUT2D eigenvalue weighted by molar-refractivity contribution is -0.183. The quantitative estimate of drug-likeness (QED) is 0.432. The highest BCUT2D eigenvalue weighted by Gasteiger charge is 2.58. The Labute approximate surface area is 57.1 Å². The molecular formula is C6H6O4. The Hall–Kier alpha value is -1.06. The zero-order valence-corrected chi connectivity index (χ0v) is 5.42. The summed E-state index contributed by atoms with van der Waals surface area (Å²) in [4.78, 5) is 21.5. The largest absolute Gasteiger partial charge is 0.447 e. The van der Waals surface area contributed by atoms with Crippen molar-refractivity contribution < 1.29 is 19.1 Å². The fourth-order valence-corrected chi connectivity index (χ4v) is 1.24. The van der Waals surface area contributed by atoms with Crippen molar-refractivity contribution in [3.05, 3.63) is 0 Å². The lowest BCUT2D eigenvalue weighted by Gasteiger charge is -2.17. The molecule has 10 heavy (non-hydrogen) atoms. The number of rotatable bonds is 0. The summed E-state index contributed by atoms with van der Waals surface area (Å²) in [6.45, 7) is 1.57. The maximum Gasteiger partial charge on any atom is 0.351 e. The first kappa shape index (κ1) is 5.70. The summed E-state index contributed by atoms with van der Waals surface area (Å²) < 4.78 is 9.41. The van der Waals surface area contributed by atoms with E-state index in [0.717, 1.165) is 0 Å². The Morgan fingerprint density at radius 1 is 1.60 bits per heavy atom. The van der Waals surface area contributed by atoms with Crippen molar-refractivity contribution in [2.75, 3.05) is 0 Å². The highest BCUT2D eigenvalue weighted by molar-refractivity contribution is 5.94. The summed E-state index contributed by atoms with van der Waals surface area (Å²) in [5.74, 6) is -0.834. The summed E-state index contributed by atoms with van der Waals surface area (Å²) in [5, 5.41) is 0. The lowest BCUT2D eigenvalue weighted by Crippen LogP contribution is -2.36. The van der Waals surface area contributed by atoms with Gasteiger partial charge in [0.25, 0.3) is 0 Å². The molecule has 2 bridgehead atoms. The third-order valence-corrected chi connectivity index (χ3v) is 1.84. The van der Waals surface area contributed by atoms with Crippen molar-refractivity contribution in [2.24, 2.45) is 0 Å². The third-order valence-electron chi connectivity index (χ3n) is 1.84. The molecule has 1 unspecified atom stereocenters. The standard InChI is InChI=1S/C6H6O4/c1-6-2-3(4(7)10-6)9-5(6)8/h3H,2H2,1H3/t3?,6-/m1/s1. The number of esters is 2. The van der Waals surface area contributed by atoms with Crippen LogP contribution < -0.4 is 0 Å². The predicted octanol–water partition coefficient (Wildman–Crippen LogP) is -0.383. The molecular weight excluding hydrogens is 136 g/mol. The van der Waals surface area contributed by atoms with Crippen LogP contribution >= 0.6 is 0 Å². The van der Waals surface area contributed by atoms with E-state index in [4.69, 9.17) is 4.74 Å². The van der Waals surface area contributed by atoms with E-state index >= 15 is 0 Å². The van der Waals surface area contributed by atoms with Gasteiger partial charge in [0, 0.05) is 6.42 Å². The Balaban J connectivity index is 2.37. The van der Waals surface area contributed by atoms with E-state index in [0.29, 0.717) is 6.42 Å². The fraction of sp³-hybridized carbons (Fsp3) is 0.667. The average Bonchev–Trinajstić information content (AvgIpc) is 2.20. The first-order valence-electron chi connectivity index (χ1n) is 3.06. The van der Waals surface area contributed by atoms with E-state index < -0.39 is 23.6 Å². The zero-order chi connectivity index (χ0) is 7.35.